The Balaban J connectivity index is 1.84. The molecule has 0 saturated carbocycles. The second-order valence-corrected chi connectivity index (χ2v) is 5.11. The Hall–Kier alpha value is -2.82. The molecule has 1 aliphatic rings. The van der Waals surface area contributed by atoms with E-state index in [9.17, 15) is 9.59 Å². The maximum absolute atomic E-state index is 12.7. The maximum Gasteiger partial charge on any atom is 0.256 e. The number of carbonyl (C=O) groups excluding carboxylic acids is 2. The van der Waals surface area contributed by atoms with Crippen LogP contribution in [-0.2, 0) is 4.79 Å². The molecule has 0 bridgehead atoms. The molecule has 2 aromatic carbocycles. The Morgan fingerprint density at radius 3 is 2.55 bits per heavy atom. The van der Waals surface area contributed by atoms with Gasteiger partial charge < -0.3 is 15.5 Å². The SMILES string of the molecule is O=C1CN(C(=O)c2ccccc2Nc2ccccc2)CCN1. The van der Waals surface area contributed by atoms with Crippen molar-refractivity contribution < 1.29 is 9.59 Å². The van der Waals surface area contributed by atoms with Crippen LogP contribution in [0.3, 0.4) is 0 Å². The minimum absolute atomic E-state index is 0.110. The number of anilines is 2. The normalized spacial score (nSPS) is 14.4. The topological polar surface area (TPSA) is 61.4 Å². The van der Waals surface area contributed by atoms with E-state index in [2.05, 4.69) is 10.6 Å². The predicted molar refractivity (Wildman–Crippen MR) is 85.1 cm³/mol. The van der Waals surface area contributed by atoms with Crippen LogP contribution in [-0.4, -0.2) is 36.3 Å². The summed E-state index contributed by atoms with van der Waals surface area (Å²) in [6, 6.07) is 17.0. The van der Waals surface area contributed by atoms with Crippen molar-refractivity contribution in [1.82, 2.24) is 10.2 Å². The molecular weight excluding hydrogens is 278 g/mol. The molecule has 3 rings (SSSR count). The lowest BCUT2D eigenvalue weighted by Crippen LogP contribution is -2.50. The molecule has 5 nitrogen and oxygen atoms in total. The van der Waals surface area contributed by atoms with Gasteiger partial charge in [0.05, 0.1) is 17.8 Å². The van der Waals surface area contributed by atoms with E-state index in [1.807, 2.05) is 48.5 Å². The van der Waals surface area contributed by atoms with Gasteiger partial charge in [0.25, 0.3) is 5.91 Å². The van der Waals surface area contributed by atoms with Crippen LogP contribution in [0.1, 0.15) is 10.4 Å². The van der Waals surface area contributed by atoms with Crippen molar-refractivity contribution in [3.63, 3.8) is 0 Å². The van der Waals surface area contributed by atoms with Gasteiger partial charge in [-0.25, -0.2) is 0 Å². The zero-order valence-corrected chi connectivity index (χ0v) is 12.1. The highest BCUT2D eigenvalue weighted by molar-refractivity contribution is 6.02. The highest BCUT2D eigenvalue weighted by Gasteiger charge is 2.23. The highest BCUT2D eigenvalue weighted by atomic mass is 16.2. The molecule has 112 valence electrons. The Morgan fingerprint density at radius 2 is 1.77 bits per heavy atom. The summed E-state index contributed by atoms with van der Waals surface area (Å²) < 4.78 is 0. The summed E-state index contributed by atoms with van der Waals surface area (Å²) in [4.78, 5) is 25.7. The molecule has 0 spiro atoms. The molecule has 0 unspecified atom stereocenters. The minimum Gasteiger partial charge on any atom is -0.355 e. The molecule has 2 N–H and O–H groups in total. The Morgan fingerprint density at radius 1 is 1.05 bits per heavy atom. The summed E-state index contributed by atoms with van der Waals surface area (Å²) in [6.07, 6.45) is 0. The van der Waals surface area contributed by atoms with E-state index >= 15 is 0 Å². The smallest absolute Gasteiger partial charge is 0.256 e. The van der Waals surface area contributed by atoms with Gasteiger partial charge >= 0.3 is 0 Å². The first-order valence-electron chi connectivity index (χ1n) is 7.21. The number of hydrogen-bond acceptors (Lipinski definition) is 3. The summed E-state index contributed by atoms with van der Waals surface area (Å²) >= 11 is 0. The van der Waals surface area contributed by atoms with Crippen molar-refractivity contribution in [2.45, 2.75) is 0 Å². The molecule has 0 radical (unpaired) electrons. The number of nitrogens with zero attached hydrogens (tertiary/aromatic N) is 1. The molecule has 1 aliphatic heterocycles. The van der Waals surface area contributed by atoms with E-state index in [-0.39, 0.29) is 18.4 Å². The third-order valence-corrected chi connectivity index (χ3v) is 3.54. The number of para-hydroxylation sites is 2. The van der Waals surface area contributed by atoms with Crippen molar-refractivity contribution >= 4 is 23.2 Å². The molecule has 0 aromatic heterocycles. The molecule has 0 atom stereocenters. The molecular formula is C17H17N3O2. The molecule has 1 fully saturated rings. The van der Waals surface area contributed by atoms with Crippen LogP contribution >= 0.6 is 0 Å². The lowest BCUT2D eigenvalue weighted by molar-refractivity contribution is -0.123. The van der Waals surface area contributed by atoms with Gasteiger partial charge in [0.15, 0.2) is 0 Å². The zero-order chi connectivity index (χ0) is 15.4. The van der Waals surface area contributed by atoms with Gasteiger partial charge in [-0.3, -0.25) is 9.59 Å². The number of piperazine rings is 1. The van der Waals surface area contributed by atoms with E-state index in [0.717, 1.165) is 11.4 Å². The van der Waals surface area contributed by atoms with Gasteiger partial charge in [0, 0.05) is 18.8 Å². The van der Waals surface area contributed by atoms with Crippen LogP contribution in [0.2, 0.25) is 0 Å². The minimum atomic E-state index is -0.131. The number of carbonyl (C=O) groups is 2. The van der Waals surface area contributed by atoms with Crippen LogP contribution in [0.5, 0.6) is 0 Å². The third-order valence-electron chi connectivity index (χ3n) is 3.54. The lowest BCUT2D eigenvalue weighted by atomic mass is 10.1. The van der Waals surface area contributed by atoms with Gasteiger partial charge in [-0.15, -0.1) is 0 Å². The molecule has 2 amide bonds. The number of benzene rings is 2. The predicted octanol–water partition coefficient (Wildman–Crippen LogP) is 2.00. The Bertz CT molecular complexity index is 685. The molecule has 1 heterocycles. The first-order chi connectivity index (χ1) is 10.7. The molecule has 2 aromatic rings. The van der Waals surface area contributed by atoms with Gasteiger partial charge in [-0.2, -0.15) is 0 Å². The van der Waals surface area contributed by atoms with Gasteiger partial charge in [-0.05, 0) is 24.3 Å². The molecule has 0 aliphatic carbocycles. The summed E-state index contributed by atoms with van der Waals surface area (Å²) in [6.45, 7) is 1.14. The fraction of sp³-hybridized carbons (Fsp3) is 0.176. The molecule has 22 heavy (non-hydrogen) atoms. The monoisotopic (exact) mass is 295 g/mol. The van der Waals surface area contributed by atoms with Gasteiger partial charge in [0.2, 0.25) is 5.91 Å². The van der Waals surface area contributed by atoms with Crippen molar-refractivity contribution in [3.05, 3.63) is 60.2 Å². The number of amides is 2. The molecule has 1 saturated heterocycles. The van der Waals surface area contributed by atoms with Crippen molar-refractivity contribution in [2.24, 2.45) is 0 Å². The summed E-state index contributed by atoms with van der Waals surface area (Å²) in [5.41, 5.74) is 2.23. The van der Waals surface area contributed by atoms with Crippen molar-refractivity contribution in [2.75, 3.05) is 25.0 Å². The zero-order valence-electron chi connectivity index (χ0n) is 12.1. The van der Waals surface area contributed by atoms with Crippen LogP contribution < -0.4 is 10.6 Å². The highest BCUT2D eigenvalue weighted by Crippen LogP contribution is 2.22. The fourth-order valence-electron chi connectivity index (χ4n) is 2.44. The number of nitrogens with one attached hydrogen (secondary N) is 2. The average Bonchev–Trinajstić information content (AvgIpc) is 2.56. The first-order valence-corrected chi connectivity index (χ1v) is 7.21. The van der Waals surface area contributed by atoms with Crippen LogP contribution in [0.25, 0.3) is 0 Å². The van der Waals surface area contributed by atoms with E-state index in [1.165, 1.54) is 0 Å². The van der Waals surface area contributed by atoms with Crippen LogP contribution in [0, 0.1) is 0 Å². The summed E-state index contributed by atoms with van der Waals surface area (Å²) in [5, 5.41) is 5.98. The van der Waals surface area contributed by atoms with Crippen molar-refractivity contribution in [1.29, 1.82) is 0 Å². The number of rotatable bonds is 3. The number of hydrogen-bond donors (Lipinski definition) is 2. The van der Waals surface area contributed by atoms with Gasteiger partial charge in [0.1, 0.15) is 0 Å². The Kier molecular flexibility index (Phi) is 4.05. The van der Waals surface area contributed by atoms with E-state index in [1.54, 1.807) is 11.0 Å². The Labute approximate surface area is 128 Å². The standard InChI is InChI=1S/C17H17N3O2/c21-16-12-20(11-10-18-16)17(22)14-8-4-5-9-15(14)19-13-6-2-1-3-7-13/h1-9,19H,10-12H2,(H,18,21). The average molecular weight is 295 g/mol. The van der Waals surface area contributed by atoms with Crippen molar-refractivity contribution in [3.8, 4) is 0 Å². The van der Waals surface area contributed by atoms with Gasteiger partial charge in [-0.1, -0.05) is 30.3 Å². The van der Waals surface area contributed by atoms with E-state index in [0.29, 0.717) is 18.7 Å². The third kappa shape index (κ3) is 3.09. The first kappa shape index (κ1) is 14.1. The largest absolute Gasteiger partial charge is 0.355 e. The second-order valence-electron chi connectivity index (χ2n) is 5.11. The lowest BCUT2D eigenvalue weighted by Gasteiger charge is -2.27. The maximum atomic E-state index is 12.7. The van der Waals surface area contributed by atoms with E-state index in [4.69, 9.17) is 0 Å². The fourth-order valence-corrected chi connectivity index (χ4v) is 2.44. The second kappa shape index (κ2) is 6.30. The van der Waals surface area contributed by atoms with Crippen LogP contribution in [0.15, 0.2) is 54.6 Å². The molecule has 5 heteroatoms. The van der Waals surface area contributed by atoms with E-state index < -0.39 is 0 Å². The summed E-state index contributed by atoms with van der Waals surface area (Å²) in [7, 11) is 0. The summed E-state index contributed by atoms with van der Waals surface area (Å²) in [5.74, 6) is -0.248. The quantitative estimate of drug-likeness (QED) is 0.910. The van der Waals surface area contributed by atoms with Crippen LogP contribution in [0.4, 0.5) is 11.4 Å².